The highest BCUT2D eigenvalue weighted by molar-refractivity contribution is 6.30. The molecule has 1 saturated carbocycles. The van der Waals surface area contributed by atoms with Gasteiger partial charge in [-0.15, -0.1) is 0 Å². The van der Waals surface area contributed by atoms with Gasteiger partial charge in [-0.2, -0.15) is 5.10 Å². The molecule has 2 fully saturated rings. The number of carbonyl (C=O) groups is 2. The number of hydrogen-bond acceptors (Lipinski definition) is 6. The minimum absolute atomic E-state index is 0.0442. The van der Waals surface area contributed by atoms with Crippen LogP contribution >= 0.6 is 11.6 Å². The van der Waals surface area contributed by atoms with Gasteiger partial charge < -0.3 is 14.6 Å². The number of likely N-dealkylation sites (tertiary alicyclic amines) is 1. The number of nitrogens with zero attached hydrogens (tertiary/aromatic N) is 4. The van der Waals surface area contributed by atoms with E-state index in [4.69, 9.17) is 16.0 Å². The number of carbonyl (C=O) groups excluding carboxylic acids is 2. The highest BCUT2D eigenvalue weighted by atomic mass is 35.5. The van der Waals surface area contributed by atoms with Crippen molar-refractivity contribution < 1.29 is 14.0 Å². The monoisotopic (exact) mass is 661 g/mol. The summed E-state index contributed by atoms with van der Waals surface area (Å²) in [6.07, 6.45) is 11.1. The van der Waals surface area contributed by atoms with Crippen LogP contribution in [0, 0.1) is 0 Å². The number of hydrogen-bond donors (Lipinski definition) is 1. The average molecular weight is 662 g/mol. The van der Waals surface area contributed by atoms with Gasteiger partial charge in [0, 0.05) is 30.6 Å². The predicted molar refractivity (Wildman–Crippen MR) is 184 cm³/mol. The van der Waals surface area contributed by atoms with E-state index >= 15 is 0 Å². The van der Waals surface area contributed by atoms with Gasteiger partial charge in [0.25, 0.3) is 5.91 Å². The molecule has 10 heteroatoms. The third kappa shape index (κ3) is 7.11. The summed E-state index contributed by atoms with van der Waals surface area (Å²) in [4.78, 5) is 44.9. The van der Waals surface area contributed by atoms with E-state index in [1.54, 1.807) is 29.2 Å². The Morgan fingerprint density at radius 3 is 2.58 bits per heavy atom. The summed E-state index contributed by atoms with van der Waals surface area (Å²) in [6.45, 7) is 1.51. The molecule has 1 aliphatic heterocycles. The van der Waals surface area contributed by atoms with E-state index < -0.39 is 5.91 Å². The molecule has 3 aromatic carbocycles. The van der Waals surface area contributed by atoms with Crippen molar-refractivity contribution in [3.8, 4) is 5.69 Å². The van der Waals surface area contributed by atoms with Crippen LogP contribution in [0.25, 0.3) is 16.7 Å². The third-order valence-electron chi connectivity index (χ3n) is 9.40. The molecule has 2 aromatic heterocycles. The number of benzene rings is 3. The average Bonchev–Trinajstić information content (AvgIpc) is 3.79. The number of fused-ring (bicyclic) bond motifs is 1. The fourth-order valence-corrected chi connectivity index (χ4v) is 7.04. The first-order valence-electron chi connectivity index (χ1n) is 16.4. The highest BCUT2D eigenvalue weighted by Gasteiger charge is 2.25. The molecule has 5 aromatic rings. The summed E-state index contributed by atoms with van der Waals surface area (Å²) < 4.78 is 7.49. The van der Waals surface area contributed by atoms with Crippen molar-refractivity contribution in [3.05, 3.63) is 135 Å². The molecule has 2 aliphatic rings. The van der Waals surface area contributed by atoms with E-state index in [0.717, 1.165) is 44.2 Å². The zero-order valence-corrected chi connectivity index (χ0v) is 27.2. The first-order chi connectivity index (χ1) is 23.4. The third-order valence-corrected chi connectivity index (χ3v) is 9.65. The maximum absolute atomic E-state index is 13.6. The van der Waals surface area contributed by atoms with E-state index in [1.165, 1.54) is 29.1 Å². The Hall–Kier alpha value is -5.02. The molecule has 9 nitrogen and oxygen atoms in total. The van der Waals surface area contributed by atoms with Crippen LogP contribution in [-0.2, 0) is 17.8 Å². The number of halogens is 1. The quantitative estimate of drug-likeness (QED) is 0.175. The van der Waals surface area contributed by atoms with Crippen LogP contribution in [0.3, 0.4) is 0 Å². The molecule has 244 valence electrons. The zero-order chi connectivity index (χ0) is 33.0. The minimum Gasteiger partial charge on any atom is -0.451 e. The Balaban J connectivity index is 1.08. The van der Waals surface area contributed by atoms with Crippen molar-refractivity contribution in [1.82, 2.24) is 25.0 Å². The number of aromatic nitrogens is 3. The highest BCUT2D eigenvalue weighted by Crippen LogP contribution is 2.37. The fraction of sp³-hybridized carbons (Fsp3) is 0.289. The summed E-state index contributed by atoms with van der Waals surface area (Å²) >= 11 is 6.15. The van der Waals surface area contributed by atoms with E-state index in [0.29, 0.717) is 47.0 Å². The molecular weight excluding hydrogens is 626 g/mol. The van der Waals surface area contributed by atoms with Gasteiger partial charge in [0.15, 0.2) is 11.2 Å². The number of amides is 2. The summed E-state index contributed by atoms with van der Waals surface area (Å²) in [5.74, 6) is 0.159. The van der Waals surface area contributed by atoms with Gasteiger partial charge in [0.05, 0.1) is 17.1 Å². The van der Waals surface area contributed by atoms with Gasteiger partial charge in [0.2, 0.25) is 5.91 Å². The lowest BCUT2D eigenvalue weighted by atomic mass is 9.79. The Morgan fingerprint density at radius 2 is 1.83 bits per heavy atom. The van der Waals surface area contributed by atoms with E-state index in [2.05, 4.69) is 45.7 Å². The van der Waals surface area contributed by atoms with E-state index in [9.17, 15) is 14.4 Å². The second-order valence-corrected chi connectivity index (χ2v) is 13.1. The van der Waals surface area contributed by atoms with E-state index in [-0.39, 0.29) is 23.1 Å². The topological polar surface area (TPSA) is 110 Å². The summed E-state index contributed by atoms with van der Waals surface area (Å²) in [7, 11) is 0. The molecule has 1 aliphatic carbocycles. The number of nitrogens with one attached hydrogen (secondary N) is 1. The second-order valence-electron chi connectivity index (χ2n) is 12.6. The zero-order valence-electron chi connectivity index (χ0n) is 26.5. The van der Waals surface area contributed by atoms with Crippen LogP contribution in [0.15, 0.2) is 106 Å². The van der Waals surface area contributed by atoms with Crippen molar-refractivity contribution in [2.45, 2.75) is 63.5 Å². The van der Waals surface area contributed by atoms with Gasteiger partial charge in [-0.1, -0.05) is 59.6 Å². The van der Waals surface area contributed by atoms with Crippen molar-refractivity contribution >= 4 is 34.4 Å². The van der Waals surface area contributed by atoms with Gasteiger partial charge in [-0.3, -0.25) is 14.4 Å². The smallest absolute Gasteiger partial charge is 0.287 e. The first-order valence-corrected chi connectivity index (χ1v) is 16.8. The Morgan fingerprint density at radius 1 is 1.02 bits per heavy atom. The van der Waals surface area contributed by atoms with Crippen LogP contribution < -0.4 is 10.7 Å². The van der Waals surface area contributed by atoms with Crippen molar-refractivity contribution in [2.24, 2.45) is 0 Å². The van der Waals surface area contributed by atoms with Gasteiger partial charge in [-0.05, 0) is 91.5 Å². The van der Waals surface area contributed by atoms with Crippen molar-refractivity contribution in [3.63, 3.8) is 0 Å². The molecule has 0 spiro atoms. The molecule has 0 unspecified atom stereocenters. The van der Waals surface area contributed by atoms with Gasteiger partial charge in [-0.25, -0.2) is 9.67 Å². The van der Waals surface area contributed by atoms with Crippen molar-refractivity contribution in [2.75, 3.05) is 6.54 Å². The molecule has 1 atom stereocenters. The van der Waals surface area contributed by atoms with Gasteiger partial charge in [0.1, 0.15) is 18.2 Å². The van der Waals surface area contributed by atoms with Crippen LogP contribution in [0.2, 0.25) is 5.02 Å². The number of rotatable bonds is 9. The lowest BCUT2D eigenvalue weighted by Crippen LogP contribution is -2.36. The summed E-state index contributed by atoms with van der Waals surface area (Å²) in [5.41, 5.74) is 5.56. The molecule has 7 rings (SSSR count). The largest absolute Gasteiger partial charge is 0.451 e. The lowest BCUT2D eigenvalue weighted by Gasteiger charge is -2.28. The first kappa shape index (κ1) is 31.6. The lowest BCUT2D eigenvalue weighted by molar-refractivity contribution is -0.128. The predicted octanol–water partition coefficient (Wildman–Crippen LogP) is 6.77. The normalized spacial score (nSPS) is 17.1. The standard InChI is InChI=1S/C38H36ClN5O4/c39-29-13-9-26(10-14-29)19-30(42-38(47)36-21-34(45)33-20-31(15-16-35(33)48-36)44-24-40-23-41-44)18-25-7-11-27(12-8-25)32-5-2-1-4-28(32)22-43-17-3-6-37(43)46/h1-2,4-5,9-10,13-16,18,20-21,23-24,27,30H,3,6-8,11-12,17,19,22H2,(H,42,47)/t27?,30-/m0/s1. The van der Waals surface area contributed by atoms with E-state index in [1.807, 2.05) is 29.2 Å². The summed E-state index contributed by atoms with van der Waals surface area (Å²) in [6, 6.07) is 22.1. The second kappa shape index (κ2) is 14.0. The maximum Gasteiger partial charge on any atom is 0.287 e. The van der Waals surface area contributed by atoms with Crippen molar-refractivity contribution in [1.29, 1.82) is 0 Å². The SMILES string of the molecule is O=C(N[C@@H](C=C1CCC(c2ccccc2CN2CCCC2=O)CC1)Cc1ccc(Cl)cc1)c1cc(=O)c2cc(-n3cncn3)ccc2o1. The Labute approximate surface area is 283 Å². The van der Waals surface area contributed by atoms with Gasteiger partial charge >= 0.3 is 0 Å². The molecule has 3 heterocycles. The Kier molecular flexibility index (Phi) is 9.20. The fourth-order valence-electron chi connectivity index (χ4n) is 6.91. The molecule has 0 radical (unpaired) electrons. The van der Waals surface area contributed by atoms with Crippen LogP contribution in [-0.4, -0.2) is 44.1 Å². The number of allylic oxidation sites excluding steroid dienone is 1. The molecule has 48 heavy (non-hydrogen) atoms. The molecular formula is C38H36ClN5O4. The maximum atomic E-state index is 13.6. The Bertz CT molecular complexity index is 2030. The van der Waals surface area contributed by atoms with Crippen LogP contribution in [0.1, 0.15) is 71.7 Å². The molecule has 0 bridgehead atoms. The van der Waals surface area contributed by atoms with Crippen LogP contribution in [0.4, 0.5) is 0 Å². The molecule has 1 saturated heterocycles. The molecule has 2 amide bonds. The summed E-state index contributed by atoms with van der Waals surface area (Å²) in [5, 5.41) is 8.24. The minimum atomic E-state index is -0.454. The molecule has 1 N–H and O–H groups in total. The van der Waals surface area contributed by atoms with Crippen LogP contribution in [0.5, 0.6) is 0 Å².